The molecule has 82 valence electrons. The Morgan fingerprint density at radius 2 is 2.47 bits per heavy atom. The van der Waals surface area contributed by atoms with Crippen molar-refractivity contribution in [1.82, 2.24) is 9.63 Å². The third-order valence-electron chi connectivity index (χ3n) is 2.46. The second-order valence-electron chi connectivity index (χ2n) is 3.54. The number of carbonyl (C=O) groups is 1. The molecule has 1 aromatic rings. The van der Waals surface area contributed by atoms with Crippen LogP contribution in [0.15, 0.2) is 12.3 Å². The fourth-order valence-corrected chi connectivity index (χ4v) is 1.71. The van der Waals surface area contributed by atoms with Gasteiger partial charge in [-0.2, -0.15) is 0 Å². The number of nitrogen functional groups attached to an aromatic ring is 1. The van der Waals surface area contributed by atoms with Crippen LogP contribution in [0.2, 0.25) is 0 Å². The minimum atomic E-state index is -0.106. The van der Waals surface area contributed by atoms with Crippen molar-refractivity contribution in [3.05, 3.63) is 18.0 Å². The molecule has 1 aliphatic heterocycles. The molecule has 5 nitrogen and oxygen atoms in total. The lowest BCUT2D eigenvalue weighted by atomic mass is 10.3. The molecule has 2 rings (SSSR count). The number of hydrogen-bond donors (Lipinski definition) is 1. The predicted molar refractivity (Wildman–Crippen MR) is 56.1 cm³/mol. The molecule has 2 N–H and O–H groups in total. The van der Waals surface area contributed by atoms with Gasteiger partial charge in [0, 0.05) is 12.7 Å². The van der Waals surface area contributed by atoms with Gasteiger partial charge in [-0.05, 0) is 19.4 Å². The number of hydroxylamine groups is 2. The highest BCUT2D eigenvalue weighted by molar-refractivity contribution is 5.93. The Morgan fingerprint density at radius 1 is 1.67 bits per heavy atom. The predicted octanol–water partition coefficient (Wildman–Crippen LogP) is 0.868. The Labute approximate surface area is 88.4 Å². The van der Waals surface area contributed by atoms with Crippen LogP contribution in [-0.2, 0) is 11.4 Å². The number of rotatable bonds is 2. The van der Waals surface area contributed by atoms with Crippen LogP contribution in [0.3, 0.4) is 0 Å². The molecular weight excluding hydrogens is 194 g/mol. The normalized spacial score (nSPS) is 15.9. The van der Waals surface area contributed by atoms with Gasteiger partial charge in [0.1, 0.15) is 5.69 Å². The summed E-state index contributed by atoms with van der Waals surface area (Å²) in [5.74, 6) is -0.106. The average Bonchev–Trinajstić information content (AvgIpc) is 2.84. The molecule has 5 heteroatoms. The Morgan fingerprint density at radius 3 is 3.07 bits per heavy atom. The van der Waals surface area contributed by atoms with Crippen LogP contribution in [-0.4, -0.2) is 28.7 Å². The highest BCUT2D eigenvalue weighted by Crippen LogP contribution is 2.15. The number of anilines is 1. The van der Waals surface area contributed by atoms with Gasteiger partial charge in [0.25, 0.3) is 5.91 Å². The summed E-state index contributed by atoms with van der Waals surface area (Å²) < 4.78 is 1.83. The summed E-state index contributed by atoms with van der Waals surface area (Å²) >= 11 is 0. The lowest BCUT2D eigenvalue weighted by Crippen LogP contribution is -2.28. The summed E-state index contributed by atoms with van der Waals surface area (Å²) in [6.07, 6.45) is 2.66. The summed E-state index contributed by atoms with van der Waals surface area (Å²) in [5, 5.41) is 1.40. The van der Waals surface area contributed by atoms with Crippen molar-refractivity contribution >= 4 is 11.6 Å². The van der Waals surface area contributed by atoms with E-state index < -0.39 is 0 Å². The minimum Gasteiger partial charge on any atom is -0.397 e. The standard InChI is InChI=1S/C10H15N3O2/c1-2-12-7-8(11)6-9(12)10(14)13-4-3-5-15-13/h6-7H,2-5,11H2,1H3. The van der Waals surface area contributed by atoms with Crippen molar-refractivity contribution in [2.75, 3.05) is 18.9 Å². The van der Waals surface area contributed by atoms with E-state index in [1.54, 1.807) is 12.3 Å². The van der Waals surface area contributed by atoms with E-state index >= 15 is 0 Å². The second kappa shape index (κ2) is 3.94. The molecule has 0 unspecified atom stereocenters. The third kappa shape index (κ3) is 1.83. The van der Waals surface area contributed by atoms with E-state index in [2.05, 4.69) is 0 Å². The van der Waals surface area contributed by atoms with Crippen molar-refractivity contribution in [3.8, 4) is 0 Å². The lowest BCUT2D eigenvalue weighted by molar-refractivity contribution is -0.0774. The molecule has 1 saturated heterocycles. The van der Waals surface area contributed by atoms with Gasteiger partial charge in [-0.3, -0.25) is 9.63 Å². The Kier molecular flexibility index (Phi) is 2.64. The number of aromatic nitrogens is 1. The van der Waals surface area contributed by atoms with Crippen molar-refractivity contribution in [2.45, 2.75) is 19.9 Å². The fourth-order valence-electron chi connectivity index (χ4n) is 1.71. The van der Waals surface area contributed by atoms with Gasteiger partial charge in [0.2, 0.25) is 0 Å². The van der Waals surface area contributed by atoms with Crippen LogP contribution in [0.1, 0.15) is 23.8 Å². The van der Waals surface area contributed by atoms with E-state index in [-0.39, 0.29) is 5.91 Å². The molecule has 0 atom stereocenters. The van der Waals surface area contributed by atoms with Gasteiger partial charge in [-0.25, -0.2) is 5.06 Å². The number of hydrogen-bond acceptors (Lipinski definition) is 3. The van der Waals surface area contributed by atoms with Crippen molar-refractivity contribution in [3.63, 3.8) is 0 Å². The van der Waals surface area contributed by atoms with Crippen LogP contribution in [0.5, 0.6) is 0 Å². The molecule has 0 aromatic carbocycles. The zero-order valence-electron chi connectivity index (χ0n) is 8.77. The zero-order chi connectivity index (χ0) is 10.8. The van der Waals surface area contributed by atoms with Gasteiger partial charge < -0.3 is 10.3 Å². The maximum atomic E-state index is 12.0. The van der Waals surface area contributed by atoms with Crippen LogP contribution < -0.4 is 5.73 Å². The molecular formula is C10H15N3O2. The average molecular weight is 209 g/mol. The maximum absolute atomic E-state index is 12.0. The molecule has 1 aromatic heterocycles. The third-order valence-corrected chi connectivity index (χ3v) is 2.46. The van der Waals surface area contributed by atoms with Crippen molar-refractivity contribution < 1.29 is 9.63 Å². The molecule has 2 heterocycles. The van der Waals surface area contributed by atoms with Gasteiger partial charge >= 0.3 is 0 Å². The minimum absolute atomic E-state index is 0.106. The highest BCUT2D eigenvalue weighted by Gasteiger charge is 2.23. The summed E-state index contributed by atoms with van der Waals surface area (Å²) in [5.41, 5.74) is 6.86. The van der Waals surface area contributed by atoms with E-state index in [9.17, 15) is 4.79 Å². The SMILES string of the molecule is CCn1cc(N)cc1C(=O)N1CCCO1. The lowest BCUT2D eigenvalue weighted by Gasteiger charge is -2.14. The smallest absolute Gasteiger partial charge is 0.294 e. The van der Waals surface area contributed by atoms with E-state index in [0.29, 0.717) is 24.5 Å². The topological polar surface area (TPSA) is 60.5 Å². The number of amides is 1. The monoisotopic (exact) mass is 209 g/mol. The Balaban J connectivity index is 2.23. The molecule has 1 amide bonds. The van der Waals surface area contributed by atoms with Gasteiger partial charge in [-0.1, -0.05) is 0 Å². The van der Waals surface area contributed by atoms with E-state index in [0.717, 1.165) is 13.0 Å². The van der Waals surface area contributed by atoms with Crippen LogP contribution in [0.4, 0.5) is 5.69 Å². The van der Waals surface area contributed by atoms with Crippen molar-refractivity contribution in [1.29, 1.82) is 0 Å². The molecule has 0 aliphatic carbocycles. The second-order valence-corrected chi connectivity index (χ2v) is 3.54. The van der Waals surface area contributed by atoms with Crippen LogP contribution >= 0.6 is 0 Å². The molecule has 1 fully saturated rings. The highest BCUT2D eigenvalue weighted by atomic mass is 16.7. The Bertz CT molecular complexity index is 367. The van der Waals surface area contributed by atoms with Gasteiger partial charge in [-0.15, -0.1) is 0 Å². The molecule has 0 radical (unpaired) electrons. The fraction of sp³-hybridized carbons (Fsp3) is 0.500. The number of nitrogens with zero attached hydrogens (tertiary/aromatic N) is 2. The summed E-state index contributed by atoms with van der Waals surface area (Å²) in [6.45, 7) is 3.98. The summed E-state index contributed by atoms with van der Waals surface area (Å²) in [6, 6.07) is 1.69. The number of aryl methyl sites for hydroxylation is 1. The van der Waals surface area contributed by atoms with Gasteiger partial charge in [0.05, 0.1) is 18.8 Å². The zero-order valence-corrected chi connectivity index (χ0v) is 8.77. The number of nitrogens with two attached hydrogens (primary N) is 1. The first-order valence-corrected chi connectivity index (χ1v) is 5.13. The van der Waals surface area contributed by atoms with Crippen LogP contribution in [0, 0.1) is 0 Å². The summed E-state index contributed by atoms with van der Waals surface area (Å²) in [4.78, 5) is 17.2. The molecule has 15 heavy (non-hydrogen) atoms. The van der Waals surface area contributed by atoms with Crippen molar-refractivity contribution in [2.24, 2.45) is 0 Å². The Hall–Kier alpha value is -1.49. The van der Waals surface area contributed by atoms with E-state index in [1.807, 2.05) is 11.5 Å². The first-order valence-electron chi connectivity index (χ1n) is 5.13. The molecule has 1 aliphatic rings. The molecule has 0 bridgehead atoms. The first-order chi connectivity index (χ1) is 7.22. The largest absolute Gasteiger partial charge is 0.397 e. The van der Waals surface area contributed by atoms with Gasteiger partial charge in [0.15, 0.2) is 0 Å². The van der Waals surface area contributed by atoms with E-state index in [4.69, 9.17) is 10.6 Å². The maximum Gasteiger partial charge on any atom is 0.294 e. The first kappa shape index (κ1) is 10.0. The molecule has 0 saturated carbocycles. The quantitative estimate of drug-likeness (QED) is 0.786. The summed E-state index contributed by atoms with van der Waals surface area (Å²) in [7, 11) is 0. The number of carbonyl (C=O) groups excluding carboxylic acids is 1. The van der Waals surface area contributed by atoms with Crippen LogP contribution in [0.25, 0.3) is 0 Å². The van der Waals surface area contributed by atoms with E-state index in [1.165, 1.54) is 5.06 Å². The molecule has 0 spiro atoms.